The third-order valence-corrected chi connectivity index (χ3v) is 4.98. The highest BCUT2D eigenvalue weighted by molar-refractivity contribution is 4.99. The molecule has 2 fully saturated rings. The van der Waals surface area contributed by atoms with Gasteiger partial charge in [0.25, 0.3) is 0 Å². The molecule has 1 heterocycles. The first-order chi connectivity index (χ1) is 8.47. The summed E-state index contributed by atoms with van der Waals surface area (Å²) in [7, 11) is 0. The van der Waals surface area contributed by atoms with Crippen molar-refractivity contribution in [2.45, 2.75) is 78.4 Å². The Balaban J connectivity index is 2.09. The Morgan fingerprint density at radius 1 is 1.17 bits per heavy atom. The van der Waals surface area contributed by atoms with Crippen LogP contribution in [0.15, 0.2) is 0 Å². The zero-order chi connectivity index (χ0) is 13.3. The van der Waals surface area contributed by atoms with Crippen LogP contribution in [-0.4, -0.2) is 36.1 Å². The normalized spacial score (nSPS) is 31.0. The van der Waals surface area contributed by atoms with Crippen LogP contribution in [0.2, 0.25) is 0 Å². The standard InChI is InChI=1S/C16H32N2/c1-6-13(7-2)18-11-14(12-8-9-12)17-10-15(18)16(3,4)5/h12-15,17H,6-11H2,1-5H3. The van der Waals surface area contributed by atoms with Crippen molar-refractivity contribution in [2.75, 3.05) is 13.1 Å². The van der Waals surface area contributed by atoms with Gasteiger partial charge in [-0.05, 0) is 37.0 Å². The number of nitrogens with one attached hydrogen (secondary N) is 1. The number of hydrogen-bond acceptors (Lipinski definition) is 2. The highest BCUT2D eigenvalue weighted by Gasteiger charge is 2.42. The monoisotopic (exact) mass is 252 g/mol. The van der Waals surface area contributed by atoms with E-state index < -0.39 is 0 Å². The van der Waals surface area contributed by atoms with Crippen molar-refractivity contribution in [3.8, 4) is 0 Å². The third-order valence-electron chi connectivity index (χ3n) is 4.98. The van der Waals surface area contributed by atoms with Crippen molar-refractivity contribution in [1.82, 2.24) is 10.2 Å². The molecule has 0 bridgehead atoms. The van der Waals surface area contributed by atoms with Gasteiger partial charge in [0.2, 0.25) is 0 Å². The molecule has 18 heavy (non-hydrogen) atoms. The number of piperazine rings is 1. The molecule has 2 unspecified atom stereocenters. The van der Waals surface area contributed by atoms with E-state index in [1.165, 1.54) is 38.8 Å². The van der Waals surface area contributed by atoms with E-state index in [4.69, 9.17) is 0 Å². The Labute approximate surface area is 114 Å². The summed E-state index contributed by atoms with van der Waals surface area (Å²) in [5.74, 6) is 0.975. The van der Waals surface area contributed by atoms with Crippen molar-refractivity contribution in [3.63, 3.8) is 0 Å². The molecule has 2 heteroatoms. The van der Waals surface area contributed by atoms with Gasteiger partial charge in [-0.2, -0.15) is 0 Å². The maximum atomic E-state index is 3.83. The van der Waals surface area contributed by atoms with Gasteiger partial charge in [-0.3, -0.25) is 4.90 Å². The number of hydrogen-bond donors (Lipinski definition) is 1. The molecule has 1 aliphatic heterocycles. The Hall–Kier alpha value is -0.0800. The molecule has 1 saturated carbocycles. The minimum absolute atomic E-state index is 0.379. The molecule has 1 saturated heterocycles. The van der Waals surface area contributed by atoms with Crippen LogP contribution in [0.1, 0.15) is 60.3 Å². The number of nitrogens with zero attached hydrogens (tertiary/aromatic N) is 1. The molecule has 1 aliphatic carbocycles. The molecule has 2 nitrogen and oxygen atoms in total. The van der Waals surface area contributed by atoms with Gasteiger partial charge in [-0.1, -0.05) is 34.6 Å². The Morgan fingerprint density at radius 2 is 1.78 bits per heavy atom. The van der Waals surface area contributed by atoms with Crippen LogP contribution in [0.25, 0.3) is 0 Å². The van der Waals surface area contributed by atoms with Crippen molar-refractivity contribution in [3.05, 3.63) is 0 Å². The Kier molecular flexibility index (Phi) is 4.38. The highest BCUT2D eigenvalue weighted by atomic mass is 15.3. The van der Waals surface area contributed by atoms with E-state index in [0.717, 1.165) is 18.0 Å². The van der Waals surface area contributed by atoms with Crippen LogP contribution >= 0.6 is 0 Å². The van der Waals surface area contributed by atoms with E-state index in [9.17, 15) is 0 Å². The predicted octanol–water partition coefficient (Wildman–Crippen LogP) is 3.27. The fraction of sp³-hybridized carbons (Fsp3) is 1.00. The minimum atomic E-state index is 0.379. The Bertz CT molecular complexity index is 261. The lowest BCUT2D eigenvalue weighted by Gasteiger charge is -2.50. The van der Waals surface area contributed by atoms with E-state index in [1.54, 1.807) is 0 Å². The van der Waals surface area contributed by atoms with Crippen molar-refractivity contribution >= 4 is 0 Å². The molecular weight excluding hydrogens is 220 g/mol. The molecule has 1 N–H and O–H groups in total. The van der Waals surface area contributed by atoms with E-state index in [1.807, 2.05) is 0 Å². The average Bonchev–Trinajstić information content (AvgIpc) is 3.13. The molecule has 0 amide bonds. The minimum Gasteiger partial charge on any atom is -0.311 e. The van der Waals surface area contributed by atoms with Crippen LogP contribution in [0, 0.1) is 11.3 Å². The van der Waals surface area contributed by atoms with Crippen LogP contribution in [0.4, 0.5) is 0 Å². The number of rotatable bonds is 4. The van der Waals surface area contributed by atoms with Crippen LogP contribution in [-0.2, 0) is 0 Å². The summed E-state index contributed by atoms with van der Waals surface area (Å²) >= 11 is 0. The predicted molar refractivity (Wildman–Crippen MR) is 78.8 cm³/mol. The molecule has 2 aliphatic rings. The largest absolute Gasteiger partial charge is 0.311 e. The molecular formula is C16H32N2. The van der Waals surface area contributed by atoms with Crippen LogP contribution < -0.4 is 5.32 Å². The molecule has 0 aromatic carbocycles. The van der Waals surface area contributed by atoms with E-state index >= 15 is 0 Å². The Morgan fingerprint density at radius 3 is 2.22 bits per heavy atom. The summed E-state index contributed by atoms with van der Waals surface area (Å²) in [5, 5.41) is 3.83. The summed E-state index contributed by atoms with van der Waals surface area (Å²) in [4.78, 5) is 2.83. The SMILES string of the molecule is CCC(CC)N1CC(C2CC2)NCC1C(C)(C)C. The molecule has 2 rings (SSSR count). The summed E-state index contributed by atoms with van der Waals surface area (Å²) in [6.07, 6.45) is 5.49. The van der Waals surface area contributed by atoms with Crippen LogP contribution in [0.5, 0.6) is 0 Å². The van der Waals surface area contributed by atoms with Crippen LogP contribution in [0.3, 0.4) is 0 Å². The van der Waals surface area contributed by atoms with E-state index in [0.29, 0.717) is 11.5 Å². The second kappa shape index (κ2) is 5.50. The fourth-order valence-corrected chi connectivity index (χ4v) is 3.58. The average molecular weight is 252 g/mol. The zero-order valence-electron chi connectivity index (χ0n) is 13.0. The van der Waals surface area contributed by atoms with Gasteiger partial charge in [0.05, 0.1) is 0 Å². The maximum absolute atomic E-state index is 3.83. The second-order valence-electron chi connectivity index (χ2n) is 7.40. The first kappa shape index (κ1) is 14.3. The molecule has 0 aromatic heterocycles. The van der Waals surface area contributed by atoms with Gasteiger partial charge in [0.1, 0.15) is 0 Å². The molecule has 0 radical (unpaired) electrons. The van der Waals surface area contributed by atoms with Gasteiger partial charge < -0.3 is 5.32 Å². The molecule has 106 valence electrons. The third kappa shape index (κ3) is 3.08. The molecule has 0 spiro atoms. The smallest absolute Gasteiger partial charge is 0.0272 e. The lowest BCUT2D eigenvalue weighted by atomic mass is 9.82. The quantitative estimate of drug-likeness (QED) is 0.826. The van der Waals surface area contributed by atoms with Crippen molar-refractivity contribution in [1.29, 1.82) is 0 Å². The van der Waals surface area contributed by atoms with Gasteiger partial charge >= 0.3 is 0 Å². The van der Waals surface area contributed by atoms with Crippen molar-refractivity contribution in [2.24, 2.45) is 11.3 Å². The van der Waals surface area contributed by atoms with Gasteiger partial charge in [0, 0.05) is 31.2 Å². The van der Waals surface area contributed by atoms with E-state index in [-0.39, 0.29) is 0 Å². The molecule has 2 atom stereocenters. The summed E-state index contributed by atoms with van der Waals surface area (Å²) in [6.45, 7) is 14.3. The lowest BCUT2D eigenvalue weighted by Crippen LogP contribution is -2.63. The zero-order valence-corrected chi connectivity index (χ0v) is 13.0. The molecule has 0 aromatic rings. The topological polar surface area (TPSA) is 15.3 Å². The maximum Gasteiger partial charge on any atom is 0.0272 e. The first-order valence-electron chi connectivity index (χ1n) is 7.96. The first-order valence-corrected chi connectivity index (χ1v) is 7.96. The van der Waals surface area contributed by atoms with Crippen molar-refractivity contribution < 1.29 is 0 Å². The summed E-state index contributed by atoms with van der Waals surface area (Å²) < 4.78 is 0. The van der Waals surface area contributed by atoms with Gasteiger partial charge in [-0.15, -0.1) is 0 Å². The summed E-state index contributed by atoms with van der Waals surface area (Å²) in [6, 6.07) is 2.24. The lowest BCUT2D eigenvalue weighted by molar-refractivity contribution is 0.0139. The second-order valence-corrected chi connectivity index (χ2v) is 7.40. The highest BCUT2D eigenvalue weighted by Crippen LogP contribution is 2.37. The fourth-order valence-electron chi connectivity index (χ4n) is 3.58. The van der Waals surface area contributed by atoms with E-state index in [2.05, 4.69) is 44.8 Å². The van der Waals surface area contributed by atoms with Gasteiger partial charge in [-0.25, -0.2) is 0 Å². The summed E-state index contributed by atoms with van der Waals surface area (Å²) in [5.41, 5.74) is 0.379. The van der Waals surface area contributed by atoms with Gasteiger partial charge in [0.15, 0.2) is 0 Å².